The van der Waals surface area contributed by atoms with Gasteiger partial charge in [0.05, 0.1) is 5.56 Å². The number of alkyl halides is 1. The number of nitrogens with one attached hydrogen (secondary N) is 1. The first-order valence-corrected chi connectivity index (χ1v) is 6.86. The molecule has 0 aliphatic carbocycles. The van der Waals surface area contributed by atoms with Crippen LogP contribution in [-0.4, -0.2) is 17.8 Å². The Morgan fingerprint density at radius 1 is 1.38 bits per heavy atom. The third kappa shape index (κ3) is 4.22. The zero-order valence-corrected chi connectivity index (χ0v) is 11.8. The van der Waals surface area contributed by atoms with Crippen LogP contribution in [0.4, 0.5) is 4.39 Å². The van der Waals surface area contributed by atoms with Gasteiger partial charge in [0.25, 0.3) is 5.91 Å². The molecule has 1 amide bonds. The van der Waals surface area contributed by atoms with Crippen LogP contribution in [0.2, 0.25) is 0 Å². The maximum Gasteiger partial charge on any atom is 0.252 e. The van der Waals surface area contributed by atoms with Gasteiger partial charge in [-0.2, -0.15) is 0 Å². The normalized spacial score (nSPS) is 10.2. The average Bonchev–Trinajstić information content (AvgIpc) is 2.24. The molecule has 0 unspecified atom stereocenters. The van der Waals surface area contributed by atoms with Gasteiger partial charge >= 0.3 is 0 Å². The highest BCUT2D eigenvalue weighted by atomic mass is 79.9. The topological polar surface area (TPSA) is 29.1 Å². The summed E-state index contributed by atoms with van der Waals surface area (Å²) in [5.41, 5.74) is 0.459. The van der Waals surface area contributed by atoms with Gasteiger partial charge in [0.2, 0.25) is 0 Å². The fraction of sp³-hybridized carbons (Fsp3) is 0.364. The number of hydrogen-bond donors (Lipinski definition) is 1. The summed E-state index contributed by atoms with van der Waals surface area (Å²) < 4.78 is 13.3. The monoisotopic (exact) mass is 351 g/mol. The zero-order chi connectivity index (χ0) is 12.0. The molecule has 0 atom stereocenters. The van der Waals surface area contributed by atoms with Crippen LogP contribution in [0.15, 0.2) is 22.7 Å². The SMILES string of the molecule is O=C(NCCCCBr)c1ccc(F)cc1Br. The van der Waals surface area contributed by atoms with Crippen LogP contribution in [0.1, 0.15) is 23.2 Å². The van der Waals surface area contributed by atoms with Gasteiger partial charge in [-0.05, 0) is 47.0 Å². The smallest absolute Gasteiger partial charge is 0.252 e. The van der Waals surface area contributed by atoms with Crippen LogP contribution in [0, 0.1) is 5.82 Å². The number of halogens is 3. The first-order chi connectivity index (χ1) is 7.65. The molecule has 0 aliphatic rings. The molecular weight excluding hydrogens is 341 g/mol. The molecule has 2 nitrogen and oxygen atoms in total. The second-order valence-electron chi connectivity index (χ2n) is 3.28. The Labute approximate surface area is 111 Å². The van der Waals surface area contributed by atoms with Crippen molar-refractivity contribution in [1.82, 2.24) is 5.32 Å². The van der Waals surface area contributed by atoms with E-state index in [-0.39, 0.29) is 11.7 Å². The largest absolute Gasteiger partial charge is 0.352 e. The molecule has 0 bridgehead atoms. The summed E-state index contributed by atoms with van der Waals surface area (Å²) in [6, 6.07) is 4.03. The van der Waals surface area contributed by atoms with Crippen LogP contribution in [0.5, 0.6) is 0 Å². The molecule has 0 aliphatic heterocycles. The minimum atomic E-state index is -0.359. The number of carbonyl (C=O) groups is 1. The molecule has 0 spiro atoms. The highest BCUT2D eigenvalue weighted by Crippen LogP contribution is 2.17. The van der Waals surface area contributed by atoms with Crippen LogP contribution in [0.3, 0.4) is 0 Å². The van der Waals surface area contributed by atoms with Gasteiger partial charge < -0.3 is 5.32 Å². The maximum absolute atomic E-state index is 12.8. The third-order valence-electron chi connectivity index (χ3n) is 2.02. The Kier molecular flexibility index (Phi) is 5.98. The van der Waals surface area contributed by atoms with E-state index in [1.165, 1.54) is 18.2 Å². The number of unbranched alkanes of at least 4 members (excludes halogenated alkanes) is 1. The summed E-state index contributed by atoms with van der Waals surface area (Å²) in [4.78, 5) is 11.7. The minimum absolute atomic E-state index is 0.179. The molecule has 0 saturated carbocycles. The predicted octanol–water partition coefficient (Wildman–Crippen LogP) is 3.49. The Balaban J connectivity index is 2.53. The van der Waals surface area contributed by atoms with Gasteiger partial charge in [0.15, 0.2) is 0 Å². The van der Waals surface area contributed by atoms with E-state index in [4.69, 9.17) is 0 Å². The van der Waals surface area contributed by atoms with Crippen molar-refractivity contribution < 1.29 is 9.18 Å². The van der Waals surface area contributed by atoms with Gasteiger partial charge in [-0.25, -0.2) is 4.39 Å². The lowest BCUT2D eigenvalue weighted by atomic mass is 10.2. The quantitative estimate of drug-likeness (QED) is 0.637. The summed E-state index contributed by atoms with van der Waals surface area (Å²) in [6.45, 7) is 0.633. The van der Waals surface area contributed by atoms with E-state index in [0.29, 0.717) is 16.6 Å². The molecule has 5 heteroatoms. The molecule has 1 aromatic carbocycles. The van der Waals surface area contributed by atoms with E-state index in [2.05, 4.69) is 37.2 Å². The standard InChI is InChI=1S/C11H12Br2FNO/c12-5-1-2-6-15-11(16)9-4-3-8(14)7-10(9)13/h3-4,7H,1-2,5-6H2,(H,15,16). The van der Waals surface area contributed by atoms with E-state index in [0.717, 1.165) is 18.2 Å². The molecule has 0 radical (unpaired) electrons. The fourth-order valence-electron chi connectivity index (χ4n) is 1.19. The lowest BCUT2D eigenvalue weighted by Crippen LogP contribution is -2.24. The Morgan fingerprint density at radius 2 is 2.12 bits per heavy atom. The molecule has 1 rings (SSSR count). The van der Waals surface area contributed by atoms with E-state index in [1.54, 1.807) is 0 Å². The molecule has 0 heterocycles. The van der Waals surface area contributed by atoms with Crippen LogP contribution in [-0.2, 0) is 0 Å². The van der Waals surface area contributed by atoms with E-state index < -0.39 is 0 Å². The molecule has 16 heavy (non-hydrogen) atoms. The Morgan fingerprint density at radius 3 is 2.75 bits per heavy atom. The van der Waals surface area contributed by atoms with Crippen LogP contribution >= 0.6 is 31.9 Å². The van der Waals surface area contributed by atoms with E-state index in [9.17, 15) is 9.18 Å². The second kappa shape index (κ2) is 7.01. The summed E-state index contributed by atoms with van der Waals surface area (Å²) in [6.07, 6.45) is 1.95. The lowest BCUT2D eigenvalue weighted by molar-refractivity contribution is 0.0952. The number of carbonyl (C=O) groups excluding carboxylic acids is 1. The van der Waals surface area contributed by atoms with Crippen molar-refractivity contribution in [3.8, 4) is 0 Å². The van der Waals surface area contributed by atoms with Gasteiger partial charge in [-0.15, -0.1) is 0 Å². The number of benzene rings is 1. The van der Waals surface area contributed by atoms with Gasteiger partial charge in [-0.1, -0.05) is 15.9 Å². The number of hydrogen-bond acceptors (Lipinski definition) is 1. The first-order valence-electron chi connectivity index (χ1n) is 4.94. The van der Waals surface area contributed by atoms with Crippen molar-refractivity contribution in [2.75, 3.05) is 11.9 Å². The highest BCUT2D eigenvalue weighted by molar-refractivity contribution is 9.10. The summed E-state index contributed by atoms with van der Waals surface area (Å²) in [5, 5.41) is 3.72. The van der Waals surface area contributed by atoms with Crippen molar-refractivity contribution in [1.29, 1.82) is 0 Å². The molecule has 0 fully saturated rings. The molecule has 0 aromatic heterocycles. The molecule has 0 saturated heterocycles. The van der Waals surface area contributed by atoms with Crippen LogP contribution < -0.4 is 5.32 Å². The van der Waals surface area contributed by atoms with Crippen molar-refractivity contribution in [2.45, 2.75) is 12.8 Å². The zero-order valence-electron chi connectivity index (χ0n) is 8.60. The van der Waals surface area contributed by atoms with Crippen molar-refractivity contribution >= 4 is 37.8 Å². The lowest BCUT2D eigenvalue weighted by Gasteiger charge is -2.06. The summed E-state index contributed by atoms with van der Waals surface area (Å²) >= 11 is 6.48. The summed E-state index contributed by atoms with van der Waals surface area (Å²) in [7, 11) is 0. The van der Waals surface area contributed by atoms with Gasteiger partial charge in [0.1, 0.15) is 5.82 Å². The molecular formula is C11H12Br2FNO. The molecule has 88 valence electrons. The number of amides is 1. The fourth-order valence-corrected chi connectivity index (χ4v) is 2.12. The predicted molar refractivity (Wildman–Crippen MR) is 69.5 cm³/mol. The Bertz CT molecular complexity index is 371. The van der Waals surface area contributed by atoms with Crippen molar-refractivity contribution in [3.05, 3.63) is 34.1 Å². The third-order valence-corrected chi connectivity index (χ3v) is 3.24. The minimum Gasteiger partial charge on any atom is -0.352 e. The Hall–Kier alpha value is -0.420. The highest BCUT2D eigenvalue weighted by Gasteiger charge is 2.09. The van der Waals surface area contributed by atoms with E-state index in [1.807, 2.05) is 0 Å². The number of rotatable bonds is 5. The van der Waals surface area contributed by atoms with Gasteiger partial charge in [-0.3, -0.25) is 4.79 Å². The average molecular weight is 353 g/mol. The van der Waals surface area contributed by atoms with Crippen molar-refractivity contribution in [3.63, 3.8) is 0 Å². The molecule has 1 N–H and O–H groups in total. The first kappa shape index (κ1) is 13.6. The maximum atomic E-state index is 12.8. The van der Waals surface area contributed by atoms with E-state index >= 15 is 0 Å². The van der Waals surface area contributed by atoms with Gasteiger partial charge in [0, 0.05) is 16.3 Å². The second-order valence-corrected chi connectivity index (χ2v) is 4.92. The van der Waals surface area contributed by atoms with Crippen LogP contribution in [0.25, 0.3) is 0 Å². The van der Waals surface area contributed by atoms with Crippen molar-refractivity contribution in [2.24, 2.45) is 0 Å². The summed E-state index contributed by atoms with van der Waals surface area (Å²) in [5.74, 6) is -0.538. The molecule has 1 aromatic rings.